The van der Waals surface area contributed by atoms with Gasteiger partial charge in [0.05, 0.1) is 17.5 Å². The summed E-state index contributed by atoms with van der Waals surface area (Å²) in [6.07, 6.45) is 2.23. The van der Waals surface area contributed by atoms with Gasteiger partial charge < -0.3 is 5.32 Å². The zero-order valence-corrected chi connectivity index (χ0v) is 12.9. The van der Waals surface area contributed by atoms with Gasteiger partial charge in [0.15, 0.2) is 0 Å². The fourth-order valence-corrected chi connectivity index (χ4v) is 2.84. The summed E-state index contributed by atoms with van der Waals surface area (Å²) in [7, 11) is 0. The lowest BCUT2D eigenvalue weighted by molar-refractivity contribution is -0.113. The standard InChI is InChI=1S/C12H12BrN5OS/c13-9-3-1-2-4-10(9)14-11(19)7-20-12-15-16-17-18(12)8-5-6-8/h1-4,8H,5-7H2,(H,14,19). The predicted octanol–water partition coefficient (Wildman–Crippen LogP) is 2.50. The second-order valence-corrected chi connectivity index (χ2v) is 6.25. The van der Waals surface area contributed by atoms with Crippen LogP contribution in [0.2, 0.25) is 0 Å². The third-order valence-corrected chi connectivity index (χ3v) is 4.46. The molecule has 1 aliphatic carbocycles. The molecule has 0 spiro atoms. The third kappa shape index (κ3) is 3.18. The summed E-state index contributed by atoms with van der Waals surface area (Å²) in [5, 5.41) is 15.1. The molecule has 20 heavy (non-hydrogen) atoms. The predicted molar refractivity (Wildman–Crippen MR) is 79.6 cm³/mol. The molecule has 1 aliphatic rings. The molecule has 0 atom stereocenters. The molecule has 2 aromatic rings. The highest BCUT2D eigenvalue weighted by Crippen LogP contribution is 2.36. The van der Waals surface area contributed by atoms with Crippen LogP contribution in [0.5, 0.6) is 0 Å². The lowest BCUT2D eigenvalue weighted by Crippen LogP contribution is -2.15. The number of rotatable bonds is 5. The van der Waals surface area contributed by atoms with Crippen LogP contribution >= 0.6 is 27.7 Å². The Bertz CT molecular complexity index is 628. The number of aromatic nitrogens is 4. The second-order valence-electron chi connectivity index (χ2n) is 4.45. The number of nitrogens with zero attached hydrogens (tertiary/aromatic N) is 4. The second kappa shape index (κ2) is 5.92. The Balaban J connectivity index is 1.57. The van der Waals surface area contributed by atoms with Crippen molar-refractivity contribution in [3.05, 3.63) is 28.7 Å². The summed E-state index contributed by atoms with van der Waals surface area (Å²) in [5.41, 5.74) is 0.764. The van der Waals surface area contributed by atoms with Gasteiger partial charge in [-0.2, -0.15) is 0 Å². The van der Waals surface area contributed by atoms with Crippen LogP contribution in [-0.2, 0) is 4.79 Å². The molecule has 1 amide bonds. The number of carbonyl (C=O) groups excluding carboxylic acids is 1. The van der Waals surface area contributed by atoms with Crippen molar-refractivity contribution < 1.29 is 4.79 Å². The third-order valence-electron chi connectivity index (χ3n) is 2.84. The van der Waals surface area contributed by atoms with Crippen LogP contribution < -0.4 is 5.32 Å². The maximum absolute atomic E-state index is 11.9. The van der Waals surface area contributed by atoms with Crippen LogP contribution in [0.4, 0.5) is 5.69 Å². The Hall–Kier alpha value is -1.41. The number of para-hydroxylation sites is 1. The summed E-state index contributed by atoms with van der Waals surface area (Å²) in [6.45, 7) is 0. The first-order valence-electron chi connectivity index (χ1n) is 6.19. The molecule has 1 heterocycles. The monoisotopic (exact) mass is 353 g/mol. The van der Waals surface area contributed by atoms with Crippen molar-refractivity contribution in [3.8, 4) is 0 Å². The van der Waals surface area contributed by atoms with Gasteiger partial charge in [-0.1, -0.05) is 23.9 Å². The van der Waals surface area contributed by atoms with Gasteiger partial charge >= 0.3 is 0 Å². The van der Waals surface area contributed by atoms with E-state index in [0.717, 1.165) is 23.0 Å². The highest BCUT2D eigenvalue weighted by atomic mass is 79.9. The summed E-state index contributed by atoms with van der Waals surface area (Å²) in [5.74, 6) is 0.210. The first-order valence-corrected chi connectivity index (χ1v) is 7.97. The van der Waals surface area contributed by atoms with E-state index in [1.807, 2.05) is 24.3 Å². The zero-order valence-electron chi connectivity index (χ0n) is 10.5. The number of carbonyl (C=O) groups is 1. The number of benzene rings is 1. The smallest absolute Gasteiger partial charge is 0.234 e. The Labute approximate surface area is 128 Å². The van der Waals surface area contributed by atoms with Crippen LogP contribution in [0.3, 0.4) is 0 Å². The van der Waals surface area contributed by atoms with E-state index < -0.39 is 0 Å². The summed E-state index contributed by atoms with van der Waals surface area (Å²) in [4.78, 5) is 11.9. The molecule has 8 heteroatoms. The van der Waals surface area contributed by atoms with Crippen molar-refractivity contribution in [1.82, 2.24) is 20.2 Å². The van der Waals surface area contributed by atoms with E-state index in [9.17, 15) is 4.79 Å². The van der Waals surface area contributed by atoms with Crippen molar-refractivity contribution >= 4 is 39.3 Å². The molecule has 1 N–H and O–H groups in total. The molecule has 6 nitrogen and oxygen atoms in total. The van der Waals surface area contributed by atoms with Gasteiger partial charge in [0.2, 0.25) is 11.1 Å². The van der Waals surface area contributed by atoms with Crippen LogP contribution in [-0.4, -0.2) is 31.9 Å². The molecule has 1 aromatic carbocycles. The van der Waals surface area contributed by atoms with E-state index in [1.54, 1.807) is 4.68 Å². The minimum atomic E-state index is -0.0766. The summed E-state index contributed by atoms with van der Waals surface area (Å²) in [6, 6.07) is 7.93. The van der Waals surface area contributed by atoms with Gasteiger partial charge in [0.1, 0.15) is 0 Å². The molecular weight excluding hydrogens is 342 g/mol. The number of hydrogen-bond donors (Lipinski definition) is 1. The van der Waals surface area contributed by atoms with E-state index >= 15 is 0 Å². The molecule has 0 aliphatic heterocycles. The van der Waals surface area contributed by atoms with Crippen molar-refractivity contribution in [2.75, 3.05) is 11.1 Å². The van der Waals surface area contributed by atoms with E-state index in [-0.39, 0.29) is 11.7 Å². The largest absolute Gasteiger partial charge is 0.324 e. The van der Waals surface area contributed by atoms with Crippen LogP contribution in [0.15, 0.2) is 33.9 Å². The Morgan fingerprint density at radius 2 is 2.25 bits per heavy atom. The minimum Gasteiger partial charge on any atom is -0.324 e. The highest BCUT2D eigenvalue weighted by Gasteiger charge is 2.28. The van der Waals surface area contributed by atoms with E-state index in [0.29, 0.717) is 11.2 Å². The van der Waals surface area contributed by atoms with Crippen LogP contribution in [0, 0.1) is 0 Å². The van der Waals surface area contributed by atoms with Crippen molar-refractivity contribution in [2.45, 2.75) is 24.0 Å². The first kappa shape index (κ1) is 13.6. The first-order chi connectivity index (χ1) is 9.74. The maximum atomic E-state index is 11.9. The topological polar surface area (TPSA) is 72.7 Å². The van der Waals surface area contributed by atoms with Crippen LogP contribution in [0.1, 0.15) is 18.9 Å². The summed E-state index contributed by atoms with van der Waals surface area (Å²) >= 11 is 4.75. The number of amides is 1. The van der Waals surface area contributed by atoms with Gasteiger partial charge in [0.25, 0.3) is 0 Å². The lowest BCUT2D eigenvalue weighted by atomic mass is 10.3. The SMILES string of the molecule is O=C(CSc1nnnn1C1CC1)Nc1ccccc1Br. The van der Waals surface area contributed by atoms with Gasteiger partial charge in [0, 0.05) is 4.47 Å². The van der Waals surface area contributed by atoms with Gasteiger partial charge in [-0.15, -0.1) is 5.10 Å². The van der Waals surface area contributed by atoms with Crippen molar-refractivity contribution in [3.63, 3.8) is 0 Å². The lowest BCUT2D eigenvalue weighted by Gasteiger charge is -2.06. The fourth-order valence-electron chi connectivity index (χ4n) is 1.71. The summed E-state index contributed by atoms with van der Waals surface area (Å²) < 4.78 is 2.66. The molecule has 1 saturated carbocycles. The number of thioether (sulfide) groups is 1. The molecule has 1 aromatic heterocycles. The molecule has 0 unspecified atom stereocenters. The quantitative estimate of drug-likeness (QED) is 0.836. The highest BCUT2D eigenvalue weighted by molar-refractivity contribution is 9.10. The molecule has 3 rings (SSSR count). The Morgan fingerprint density at radius 1 is 1.45 bits per heavy atom. The Morgan fingerprint density at radius 3 is 3.00 bits per heavy atom. The maximum Gasteiger partial charge on any atom is 0.234 e. The molecule has 0 saturated heterocycles. The Kier molecular flexibility index (Phi) is 4.02. The molecular formula is C12H12BrN5OS. The average Bonchev–Trinajstić information content (AvgIpc) is 3.18. The average molecular weight is 354 g/mol. The molecule has 0 radical (unpaired) electrons. The molecule has 1 fully saturated rings. The number of nitrogens with one attached hydrogen (secondary N) is 1. The van der Waals surface area contributed by atoms with Gasteiger partial charge in [-0.25, -0.2) is 4.68 Å². The van der Waals surface area contributed by atoms with Crippen LogP contribution in [0.25, 0.3) is 0 Å². The van der Waals surface area contributed by atoms with Gasteiger partial charge in [-0.05, 0) is 51.3 Å². The normalized spacial score (nSPS) is 14.2. The fraction of sp³-hybridized carbons (Fsp3) is 0.333. The van der Waals surface area contributed by atoms with Crippen molar-refractivity contribution in [1.29, 1.82) is 0 Å². The molecule has 104 valence electrons. The molecule has 0 bridgehead atoms. The van der Waals surface area contributed by atoms with E-state index in [2.05, 4.69) is 36.8 Å². The minimum absolute atomic E-state index is 0.0766. The number of anilines is 1. The zero-order chi connectivity index (χ0) is 13.9. The number of hydrogen-bond acceptors (Lipinski definition) is 5. The van der Waals surface area contributed by atoms with Crippen molar-refractivity contribution in [2.24, 2.45) is 0 Å². The number of halogens is 1. The van der Waals surface area contributed by atoms with E-state index in [4.69, 9.17) is 0 Å². The number of tetrazole rings is 1. The van der Waals surface area contributed by atoms with E-state index in [1.165, 1.54) is 11.8 Å². The van der Waals surface area contributed by atoms with Gasteiger partial charge in [-0.3, -0.25) is 4.79 Å².